The van der Waals surface area contributed by atoms with Crippen molar-refractivity contribution in [1.29, 1.82) is 0 Å². The Hall–Kier alpha value is -2.90. The number of carbonyl (C=O) groups is 2. The van der Waals surface area contributed by atoms with Gasteiger partial charge in [0.2, 0.25) is 11.8 Å². The van der Waals surface area contributed by atoms with Crippen molar-refractivity contribution in [3.05, 3.63) is 54.1 Å². The maximum atomic E-state index is 12.5. The number of likely N-dealkylation sites (N-methyl/N-ethyl adjacent to an activating group) is 1. The first-order chi connectivity index (χ1) is 15.1. The lowest BCUT2D eigenvalue weighted by Gasteiger charge is -2.29. The number of hydrogen-bond acceptors (Lipinski definition) is 5. The Kier molecular flexibility index (Phi) is 8.44. The van der Waals surface area contributed by atoms with Crippen molar-refractivity contribution < 1.29 is 14.3 Å². The largest absolute Gasteiger partial charge is 0.378 e. The highest BCUT2D eigenvalue weighted by Crippen LogP contribution is 2.19. The van der Waals surface area contributed by atoms with Gasteiger partial charge in [0.25, 0.3) is 0 Å². The molecule has 2 N–H and O–H groups in total. The van der Waals surface area contributed by atoms with Crippen molar-refractivity contribution in [3.8, 4) is 0 Å². The van der Waals surface area contributed by atoms with Crippen LogP contribution in [0.1, 0.15) is 19.4 Å². The maximum Gasteiger partial charge on any atom is 0.238 e. The van der Waals surface area contributed by atoms with E-state index >= 15 is 0 Å². The molecule has 31 heavy (non-hydrogen) atoms. The van der Waals surface area contributed by atoms with Gasteiger partial charge in [0, 0.05) is 30.2 Å². The van der Waals surface area contributed by atoms with Crippen LogP contribution < -0.4 is 15.5 Å². The van der Waals surface area contributed by atoms with Gasteiger partial charge in [-0.15, -0.1) is 0 Å². The minimum absolute atomic E-state index is 0.127. The van der Waals surface area contributed by atoms with Crippen molar-refractivity contribution >= 4 is 28.9 Å². The van der Waals surface area contributed by atoms with E-state index in [2.05, 4.69) is 22.5 Å². The summed E-state index contributed by atoms with van der Waals surface area (Å²) in [5.74, 6) is -0.264. The van der Waals surface area contributed by atoms with Gasteiger partial charge >= 0.3 is 0 Å². The van der Waals surface area contributed by atoms with Gasteiger partial charge in [0.15, 0.2) is 0 Å². The molecule has 0 spiro atoms. The minimum atomic E-state index is -0.137. The summed E-state index contributed by atoms with van der Waals surface area (Å²) in [4.78, 5) is 29.0. The van der Waals surface area contributed by atoms with Crippen LogP contribution in [0.3, 0.4) is 0 Å². The van der Waals surface area contributed by atoms with Gasteiger partial charge in [0.05, 0.1) is 26.3 Å². The highest BCUT2D eigenvalue weighted by molar-refractivity contribution is 5.94. The third kappa shape index (κ3) is 7.08. The second-order valence-electron chi connectivity index (χ2n) is 7.60. The number of rotatable bonds is 9. The van der Waals surface area contributed by atoms with Crippen molar-refractivity contribution in [2.75, 3.05) is 61.5 Å². The molecule has 0 radical (unpaired) electrons. The van der Waals surface area contributed by atoms with E-state index in [-0.39, 0.29) is 24.9 Å². The topological polar surface area (TPSA) is 73.9 Å². The molecule has 1 fully saturated rings. The lowest BCUT2D eigenvalue weighted by atomic mass is 10.1. The van der Waals surface area contributed by atoms with Crippen molar-refractivity contribution in [2.45, 2.75) is 20.3 Å². The average Bonchev–Trinajstić information content (AvgIpc) is 2.79. The van der Waals surface area contributed by atoms with E-state index in [1.54, 1.807) is 0 Å². The van der Waals surface area contributed by atoms with Gasteiger partial charge in [-0.25, -0.2) is 0 Å². The van der Waals surface area contributed by atoms with Crippen molar-refractivity contribution in [2.24, 2.45) is 0 Å². The Morgan fingerprint density at radius 1 is 0.935 bits per heavy atom. The SMILES string of the molecule is CCc1cccc(NC(=O)CN(CC)CC(=O)Nc2ccc(N3CCOCC3)cc2)c1. The zero-order valence-electron chi connectivity index (χ0n) is 18.4. The Balaban J connectivity index is 1.48. The molecule has 166 valence electrons. The van der Waals surface area contributed by atoms with Crippen LogP contribution >= 0.6 is 0 Å². The second kappa shape index (κ2) is 11.5. The van der Waals surface area contributed by atoms with Gasteiger partial charge in [-0.2, -0.15) is 0 Å². The lowest BCUT2D eigenvalue weighted by Crippen LogP contribution is -2.38. The summed E-state index contributed by atoms with van der Waals surface area (Å²) >= 11 is 0. The van der Waals surface area contributed by atoms with Crippen LogP contribution in [-0.4, -0.2) is 62.7 Å². The quantitative estimate of drug-likeness (QED) is 0.647. The van der Waals surface area contributed by atoms with Crippen LogP contribution in [0.2, 0.25) is 0 Å². The number of carbonyl (C=O) groups excluding carboxylic acids is 2. The van der Waals surface area contributed by atoms with Crippen LogP contribution in [0, 0.1) is 0 Å². The highest BCUT2D eigenvalue weighted by atomic mass is 16.5. The average molecular weight is 425 g/mol. The van der Waals surface area contributed by atoms with Gasteiger partial charge in [-0.05, 0) is 54.9 Å². The lowest BCUT2D eigenvalue weighted by molar-refractivity contribution is -0.119. The summed E-state index contributed by atoms with van der Waals surface area (Å²) in [6.45, 7) is 8.17. The summed E-state index contributed by atoms with van der Waals surface area (Å²) in [5.41, 5.74) is 3.83. The number of aryl methyl sites for hydroxylation is 1. The third-order valence-electron chi connectivity index (χ3n) is 5.33. The predicted molar refractivity (Wildman–Crippen MR) is 125 cm³/mol. The van der Waals surface area contributed by atoms with E-state index in [0.29, 0.717) is 6.54 Å². The number of amides is 2. The second-order valence-corrected chi connectivity index (χ2v) is 7.60. The summed E-state index contributed by atoms with van der Waals surface area (Å²) in [5, 5.41) is 5.84. The molecule has 0 unspecified atom stereocenters. The van der Waals surface area contributed by atoms with Crippen LogP contribution in [0.25, 0.3) is 0 Å². The molecule has 0 saturated carbocycles. The van der Waals surface area contributed by atoms with Gasteiger partial charge < -0.3 is 20.3 Å². The first-order valence-electron chi connectivity index (χ1n) is 10.9. The Morgan fingerprint density at radius 2 is 1.58 bits per heavy atom. The van der Waals surface area contributed by atoms with Gasteiger partial charge in [-0.3, -0.25) is 14.5 Å². The van der Waals surface area contributed by atoms with E-state index < -0.39 is 0 Å². The Labute approximate surface area is 184 Å². The molecule has 1 aliphatic heterocycles. The number of anilines is 3. The molecule has 1 saturated heterocycles. The van der Waals surface area contributed by atoms with Crippen LogP contribution in [0.15, 0.2) is 48.5 Å². The molecule has 0 bridgehead atoms. The van der Waals surface area contributed by atoms with E-state index in [1.807, 2.05) is 60.4 Å². The first-order valence-corrected chi connectivity index (χ1v) is 10.9. The van der Waals surface area contributed by atoms with Crippen LogP contribution in [0.4, 0.5) is 17.1 Å². The van der Waals surface area contributed by atoms with Gasteiger partial charge in [0.1, 0.15) is 0 Å². The molecular weight excluding hydrogens is 392 g/mol. The van der Waals surface area contributed by atoms with E-state index in [0.717, 1.165) is 49.8 Å². The fourth-order valence-corrected chi connectivity index (χ4v) is 3.53. The summed E-state index contributed by atoms with van der Waals surface area (Å²) in [7, 11) is 0. The number of nitrogens with zero attached hydrogens (tertiary/aromatic N) is 2. The minimum Gasteiger partial charge on any atom is -0.378 e. The molecule has 1 heterocycles. The number of ether oxygens (including phenoxy) is 1. The summed E-state index contributed by atoms with van der Waals surface area (Å²) in [6.07, 6.45) is 0.915. The molecular formula is C24H32N4O3. The molecule has 2 aromatic carbocycles. The monoisotopic (exact) mass is 424 g/mol. The summed E-state index contributed by atoms with van der Waals surface area (Å²) < 4.78 is 5.38. The maximum absolute atomic E-state index is 12.5. The standard InChI is InChI=1S/C24H32N4O3/c1-3-19-6-5-7-21(16-19)26-24(30)18-27(4-2)17-23(29)25-20-8-10-22(11-9-20)28-12-14-31-15-13-28/h5-11,16H,3-4,12-15,17-18H2,1-2H3,(H,25,29)(H,26,30). The van der Waals surface area contributed by atoms with E-state index in [9.17, 15) is 9.59 Å². The zero-order valence-corrected chi connectivity index (χ0v) is 18.4. The number of morpholine rings is 1. The van der Waals surface area contributed by atoms with Crippen molar-refractivity contribution in [1.82, 2.24) is 4.90 Å². The molecule has 0 atom stereocenters. The number of hydrogen-bond donors (Lipinski definition) is 2. The molecule has 2 amide bonds. The third-order valence-corrected chi connectivity index (χ3v) is 5.33. The predicted octanol–water partition coefficient (Wildman–Crippen LogP) is 2.98. The first kappa shape index (κ1) is 22.8. The van der Waals surface area contributed by atoms with Gasteiger partial charge in [-0.1, -0.05) is 26.0 Å². The Morgan fingerprint density at radius 3 is 2.19 bits per heavy atom. The molecule has 2 aromatic rings. The smallest absolute Gasteiger partial charge is 0.238 e. The number of benzene rings is 2. The fourth-order valence-electron chi connectivity index (χ4n) is 3.53. The fraction of sp³-hybridized carbons (Fsp3) is 0.417. The number of nitrogens with one attached hydrogen (secondary N) is 2. The zero-order chi connectivity index (χ0) is 22.1. The summed E-state index contributed by atoms with van der Waals surface area (Å²) in [6, 6.07) is 15.7. The highest BCUT2D eigenvalue weighted by Gasteiger charge is 2.15. The molecule has 7 nitrogen and oxygen atoms in total. The van der Waals surface area contributed by atoms with Crippen molar-refractivity contribution in [3.63, 3.8) is 0 Å². The Bertz CT molecular complexity index is 863. The molecule has 7 heteroatoms. The van der Waals surface area contributed by atoms with E-state index in [4.69, 9.17) is 4.74 Å². The molecule has 3 rings (SSSR count). The normalized spacial score (nSPS) is 13.8. The molecule has 0 aromatic heterocycles. The van der Waals surface area contributed by atoms with Crippen LogP contribution in [-0.2, 0) is 20.7 Å². The molecule has 0 aliphatic carbocycles. The van der Waals surface area contributed by atoms with E-state index in [1.165, 1.54) is 5.56 Å². The van der Waals surface area contributed by atoms with Crippen LogP contribution in [0.5, 0.6) is 0 Å². The molecule has 1 aliphatic rings.